The fraction of sp³-hybridized carbons (Fsp3) is 0.417. The van der Waals surface area contributed by atoms with Crippen molar-refractivity contribution >= 4 is 17.2 Å². The van der Waals surface area contributed by atoms with Gasteiger partial charge in [0.05, 0.1) is 11.6 Å². The Labute approximate surface area is 95.0 Å². The summed E-state index contributed by atoms with van der Waals surface area (Å²) < 4.78 is 1.95. The predicted molar refractivity (Wildman–Crippen MR) is 65.9 cm³/mol. The number of hydrogen-bond donors (Lipinski definition) is 0. The van der Waals surface area contributed by atoms with Crippen molar-refractivity contribution in [1.29, 1.82) is 0 Å². The third kappa shape index (κ3) is 1.96. The molecule has 4 heteroatoms. The first-order chi connectivity index (χ1) is 7.86. The van der Waals surface area contributed by atoms with Crippen LogP contribution in [0.3, 0.4) is 0 Å². The number of fused-ring (bicyclic) bond motifs is 1. The molecular weight excluding hydrogens is 200 g/mol. The Hall–Kier alpha value is -1.71. The summed E-state index contributed by atoms with van der Waals surface area (Å²) in [6, 6.07) is 8.22. The SMILES string of the molecule is CCCC(C=NC)n1nnc2ccccc21. The number of para-hydroxylation sites is 1. The fourth-order valence-corrected chi connectivity index (χ4v) is 1.86. The molecule has 0 spiro atoms. The van der Waals surface area contributed by atoms with E-state index < -0.39 is 0 Å². The molecule has 1 unspecified atom stereocenters. The van der Waals surface area contributed by atoms with E-state index >= 15 is 0 Å². The molecule has 1 atom stereocenters. The van der Waals surface area contributed by atoms with E-state index in [9.17, 15) is 0 Å². The van der Waals surface area contributed by atoms with Crippen LogP contribution in [0.15, 0.2) is 29.3 Å². The van der Waals surface area contributed by atoms with Crippen LogP contribution in [0.2, 0.25) is 0 Å². The minimum absolute atomic E-state index is 0.211. The highest BCUT2D eigenvalue weighted by Crippen LogP contribution is 2.17. The van der Waals surface area contributed by atoms with Crippen LogP contribution in [0.5, 0.6) is 0 Å². The lowest BCUT2D eigenvalue weighted by atomic mass is 10.2. The van der Waals surface area contributed by atoms with Gasteiger partial charge in [0.15, 0.2) is 0 Å². The molecule has 1 aromatic carbocycles. The highest BCUT2D eigenvalue weighted by atomic mass is 15.4. The Morgan fingerprint density at radius 3 is 3.00 bits per heavy atom. The Bertz CT molecular complexity index is 486. The lowest BCUT2D eigenvalue weighted by Crippen LogP contribution is -2.12. The molecule has 0 aliphatic rings. The van der Waals surface area contributed by atoms with Gasteiger partial charge < -0.3 is 0 Å². The molecule has 2 aromatic rings. The standard InChI is InChI=1S/C12H16N4/c1-3-6-10(9-13-2)16-12-8-5-4-7-11(12)14-15-16/h4-5,7-10H,3,6H2,1-2H3. The third-order valence-corrected chi connectivity index (χ3v) is 2.60. The van der Waals surface area contributed by atoms with Gasteiger partial charge in [0, 0.05) is 13.3 Å². The largest absolute Gasteiger partial charge is 0.299 e. The van der Waals surface area contributed by atoms with Crippen molar-refractivity contribution < 1.29 is 0 Å². The monoisotopic (exact) mass is 216 g/mol. The van der Waals surface area contributed by atoms with Crippen molar-refractivity contribution in [3.63, 3.8) is 0 Å². The number of aromatic nitrogens is 3. The third-order valence-electron chi connectivity index (χ3n) is 2.60. The van der Waals surface area contributed by atoms with Crippen LogP contribution in [0.25, 0.3) is 11.0 Å². The number of aliphatic imine (C=N–C) groups is 1. The van der Waals surface area contributed by atoms with E-state index in [1.54, 1.807) is 7.05 Å². The van der Waals surface area contributed by atoms with Gasteiger partial charge in [0.1, 0.15) is 5.52 Å². The molecule has 0 aliphatic heterocycles. The van der Waals surface area contributed by atoms with Crippen LogP contribution in [0.1, 0.15) is 25.8 Å². The Morgan fingerprint density at radius 2 is 2.25 bits per heavy atom. The predicted octanol–water partition coefficient (Wildman–Crippen LogP) is 2.47. The maximum atomic E-state index is 4.21. The molecule has 0 fully saturated rings. The summed E-state index contributed by atoms with van der Waals surface area (Å²) in [5.74, 6) is 0. The molecule has 16 heavy (non-hydrogen) atoms. The summed E-state index contributed by atoms with van der Waals surface area (Å²) >= 11 is 0. The van der Waals surface area contributed by atoms with Gasteiger partial charge in [-0.05, 0) is 18.6 Å². The number of hydrogen-bond acceptors (Lipinski definition) is 3. The molecule has 0 saturated heterocycles. The van der Waals surface area contributed by atoms with Crippen LogP contribution >= 0.6 is 0 Å². The van der Waals surface area contributed by atoms with Crippen molar-refractivity contribution in [2.45, 2.75) is 25.8 Å². The highest BCUT2D eigenvalue weighted by molar-refractivity contribution is 5.76. The lowest BCUT2D eigenvalue weighted by molar-refractivity contribution is 0.529. The molecule has 0 saturated carbocycles. The topological polar surface area (TPSA) is 43.1 Å². The van der Waals surface area contributed by atoms with E-state index in [1.165, 1.54) is 0 Å². The zero-order valence-electron chi connectivity index (χ0n) is 9.67. The van der Waals surface area contributed by atoms with Crippen LogP contribution < -0.4 is 0 Å². The van der Waals surface area contributed by atoms with Crippen LogP contribution in [0, 0.1) is 0 Å². The molecule has 1 aromatic heterocycles. The molecule has 1 heterocycles. The van der Waals surface area contributed by atoms with Crippen molar-refractivity contribution in [2.24, 2.45) is 4.99 Å². The average molecular weight is 216 g/mol. The number of nitrogens with zero attached hydrogens (tertiary/aromatic N) is 4. The van der Waals surface area contributed by atoms with Crippen molar-refractivity contribution in [1.82, 2.24) is 15.0 Å². The molecule has 0 amide bonds. The van der Waals surface area contributed by atoms with Crippen molar-refractivity contribution in [3.05, 3.63) is 24.3 Å². The first kappa shape index (κ1) is 10.8. The lowest BCUT2D eigenvalue weighted by Gasteiger charge is -2.11. The zero-order valence-corrected chi connectivity index (χ0v) is 9.67. The van der Waals surface area contributed by atoms with Gasteiger partial charge in [-0.1, -0.05) is 30.7 Å². The van der Waals surface area contributed by atoms with Gasteiger partial charge in [0.25, 0.3) is 0 Å². The summed E-state index contributed by atoms with van der Waals surface area (Å²) in [6.45, 7) is 2.16. The van der Waals surface area contributed by atoms with E-state index in [4.69, 9.17) is 0 Å². The summed E-state index contributed by atoms with van der Waals surface area (Å²) in [5.41, 5.74) is 2.01. The number of benzene rings is 1. The normalized spacial score (nSPS) is 13.6. The van der Waals surface area contributed by atoms with E-state index in [-0.39, 0.29) is 6.04 Å². The highest BCUT2D eigenvalue weighted by Gasteiger charge is 2.11. The Morgan fingerprint density at radius 1 is 1.44 bits per heavy atom. The van der Waals surface area contributed by atoms with E-state index in [1.807, 2.05) is 35.2 Å². The maximum Gasteiger partial charge on any atom is 0.113 e. The van der Waals surface area contributed by atoms with Gasteiger partial charge in [-0.3, -0.25) is 4.99 Å². The molecule has 0 aliphatic carbocycles. The van der Waals surface area contributed by atoms with Crippen LogP contribution in [-0.2, 0) is 0 Å². The molecule has 84 valence electrons. The fourth-order valence-electron chi connectivity index (χ4n) is 1.86. The van der Waals surface area contributed by atoms with Gasteiger partial charge in [-0.15, -0.1) is 5.10 Å². The first-order valence-electron chi connectivity index (χ1n) is 5.59. The molecule has 0 radical (unpaired) electrons. The maximum absolute atomic E-state index is 4.21. The van der Waals surface area contributed by atoms with E-state index in [0.717, 1.165) is 23.9 Å². The van der Waals surface area contributed by atoms with Crippen LogP contribution in [0.4, 0.5) is 0 Å². The van der Waals surface area contributed by atoms with Gasteiger partial charge in [-0.25, -0.2) is 4.68 Å². The van der Waals surface area contributed by atoms with Crippen molar-refractivity contribution in [3.8, 4) is 0 Å². The summed E-state index contributed by atoms with van der Waals surface area (Å²) in [5, 5.41) is 8.36. The zero-order chi connectivity index (χ0) is 11.4. The molecule has 4 nitrogen and oxygen atoms in total. The second-order valence-corrected chi connectivity index (χ2v) is 3.79. The molecule has 2 rings (SSSR count). The minimum atomic E-state index is 0.211. The smallest absolute Gasteiger partial charge is 0.113 e. The Balaban J connectivity index is 2.43. The van der Waals surface area contributed by atoms with Gasteiger partial charge in [-0.2, -0.15) is 0 Å². The molecule has 0 N–H and O–H groups in total. The minimum Gasteiger partial charge on any atom is -0.299 e. The number of rotatable bonds is 4. The summed E-state index contributed by atoms with van der Waals surface area (Å²) in [7, 11) is 1.79. The average Bonchev–Trinajstić information content (AvgIpc) is 2.72. The first-order valence-corrected chi connectivity index (χ1v) is 5.59. The molecule has 0 bridgehead atoms. The van der Waals surface area contributed by atoms with E-state index in [0.29, 0.717) is 0 Å². The van der Waals surface area contributed by atoms with Gasteiger partial charge in [0.2, 0.25) is 0 Å². The van der Waals surface area contributed by atoms with E-state index in [2.05, 4.69) is 22.2 Å². The van der Waals surface area contributed by atoms with Gasteiger partial charge >= 0.3 is 0 Å². The quantitative estimate of drug-likeness (QED) is 0.737. The summed E-state index contributed by atoms with van der Waals surface area (Å²) in [4.78, 5) is 4.10. The van der Waals surface area contributed by atoms with Crippen LogP contribution in [-0.4, -0.2) is 28.3 Å². The Kier molecular flexibility index (Phi) is 3.29. The summed E-state index contributed by atoms with van der Waals surface area (Å²) in [6.07, 6.45) is 4.07. The molecular formula is C12H16N4. The second kappa shape index (κ2) is 4.88. The second-order valence-electron chi connectivity index (χ2n) is 3.79. The van der Waals surface area contributed by atoms with Crippen molar-refractivity contribution in [2.75, 3.05) is 7.05 Å².